The van der Waals surface area contributed by atoms with Gasteiger partial charge in [0, 0.05) is 6.54 Å². The predicted molar refractivity (Wildman–Crippen MR) is 77.7 cm³/mol. The van der Waals surface area contributed by atoms with E-state index in [2.05, 4.69) is 5.43 Å². The minimum Gasteiger partial charge on any atom is -0.375 e. The van der Waals surface area contributed by atoms with Crippen molar-refractivity contribution in [3.63, 3.8) is 0 Å². The second-order valence-electron chi connectivity index (χ2n) is 4.93. The molecule has 0 bridgehead atoms. The van der Waals surface area contributed by atoms with E-state index in [4.69, 9.17) is 10.6 Å². The fraction of sp³-hybridized carbons (Fsp3) is 0.538. The third-order valence-electron chi connectivity index (χ3n) is 3.60. The summed E-state index contributed by atoms with van der Waals surface area (Å²) < 4.78 is 5.64. The van der Waals surface area contributed by atoms with Crippen molar-refractivity contribution in [2.75, 3.05) is 23.5 Å². The van der Waals surface area contributed by atoms with E-state index in [1.54, 1.807) is 18.2 Å². The number of hydrogen-bond acceptors (Lipinski definition) is 6. The molecule has 7 heteroatoms. The maximum absolute atomic E-state index is 11.4. The smallest absolute Gasteiger partial charge is 0.316 e. The first-order chi connectivity index (χ1) is 9.58. The molecule has 0 spiro atoms. The van der Waals surface area contributed by atoms with E-state index in [0.717, 1.165) is 6.42 Å². The number of nitro groups is 1. The quantitative estimate of drug-likeness (QED) is 0.497. The Morgan fingerprint density at radius 1 is 1.60 bits per heavy atom. The minimum absolute atomic E-state index is 0.0163. The summed E-state index contributed by atoms with van der Waals surface area (Å²) in [6.45, 7) is 5.23. The van der Waals surface area contributed by atoms with E-state index in [-0.39, 0.29) is 17.8 Å². The van der Waals surface area contributed by atoms with Gasteiger partial charge in [0.15, 0.2) is 0 Å². The molecule has 1 saturated heterocycles. The summed E-state index contributed by atoms with van der Waals surface area (Å²) in [5, 5.41) is 11.4. The number of ether oxygens (including phenoxy) is 1. The van der Waals surface area contributed by atoms with Gasteiger partial charge < -0.3 is 15.1 Å². The molecule has 0 aromatic heterocycles. The van der Waals surface area contributed by atoms with Gasteiger partial charge in [0.1, 0.15) is 11.4 Å². The van der Waals surface area contributed by atoms with E-state index < -0.39 is 4.92 Å². The second kappa shape index (κ2) is 6.06. The Balaban J connectivity index is 2.46. The van der Waals surface area contributed by atoms with Crippen LogP contribution >= 0.6 is 0 Å². The molecule has 1 aliphatic heterocycles. The maximum Gasteiger partial charge on any atom is 0.316 e. The van der Waals surface area contributed by atoms with Gasteiger partial charge in [-0.2, -0.15) is 0 Å². The molecular formula is C13H20N4O3. The highest BCUT2D eigenvalue weighted by Gasteiger charge is 2.31. The number of nitrogens with one attached hydrogen (secondary N) is 1. The molecule has 7 nitrogen and oxygen atoms in total. The van der Waals surface area contributed by atoms with Gasteiger partial charge >= 0.3 is 5.69 Å². The molecule has 0 saturated carbocycles. The highest BCUT2D eigenvalue weighted by atomic mass is 16.6. The molecule has 0 aliphatic carbocycles. The molecule has 1 aliphatic rings. The van der Waals surface area contributed by atoms with Crippen molar-refractivity contribution >= 4 is 17.1 Å². The molecule has 1 fully saturated rings. The van der Waals surface area contributed by atoms with Crippen molar-refractivity contribution < 1.29 is 9.66 Å². The molecular weight excluding hydrogens is 260 g/mol. The molecule has 20 heavy (non-hydrogen) atoms. The number of hydrazine groups is 1. The van der Waals surface area contributed by atoms with Gasteiger partial charge in [-0.3, -0.25) is 16.0 Å². The van der Waals surface area contributed by atoms with E-state index in [1.165, 1.54) is 0 Å². The standard InChI is InChI=1S/C13H20N4O3/c1-3-10-8-20-9(2)7-16(10)12-6-4-5-11(15-14)13(12)17(18)19/h4-6,9-10,15H,3,7-8,14H2,1-2H3. The Bertz CT molecular complexity index is 495. The van der Waals surface area contributed by atoms with Crippen LogP contribution in [0.5, 0.6) is 0 Å². The molecule has 0 radical (unpaired) electrons. The molecule has 3 N–H and O–H groups in total. The van der Waals surface area contributed by atoms with Crippen LogP contribution in [0.2, 0.25) is 0 Å². The third-order valence-corrected chi connectivity index (χ3v) is 3.60. The molecule has 2 atom stereocenters. The number of nitrogens with two attached hydrogens (primary N) is 1. The lowest BCUT2D eigenvalue weighted by atomic mass is 10.1. The second-order valence-corrected chi connectivity index (χ2v) is 4.93. The lowest BCUT2D eigenvalue weighted by Crippen LogP contribution is -2.48. The maximum atomic E-state index is 11.4. The normalized spacial score (nSPS) is 22.6. The van der Waals surface area contributed by atoms with Crippen molar-refractivity contribution in [1.82, 2.24) is 0 Å². The third kappa shape index (κ3) is 2.68. The molecule has 1 heterocycles. The fourth-order valence-electron chi connectivity index (χ4n) is 2.55. The van der Waals surface area contributed by atoms with Crippen molar-refractivity contribution in [3.05, 3.63) is 28.3 Å². The van der Waals surface area contributed by atoms with E-state index in [9.17, 15) is 10.1 Å². The minimum atomic E-state index is -0.391. The zero-order valence-corrected chi connectivity index (χ0v) is 11.7. The summed E-state index contributed by atoms with van der Waals surface area (Å²) in [4.78, 5) is 13.0. The summed E-state index contributed by atoms with van der Waals surface area (Å²) >= 11 is 0. The Kier molecular flexibility index (Phi) is 4.41. The van der Waals surface area contributed by atoms with Crippen LogP contribution in [0.15, 0.2) is 18.2 Å². The van der Waals surface area contributed by atoms with Crippen LogP contribution in [0.25, 0.3) is 0 Å². The van der Waals surface area contributed by atoms with Crippen LogP contribution in [-0.2, 0) is 4.74 Å². The van der Waals surface area contributed by atoms with Gasteiger partial charge in [-0.25, -0.2) is 0 Å². The number of nitro benzene ring substituents is 1. The average Bonchev–Trinajstić information content (AvgIpc) is 2.46. The Hall–Kier alpha value is -1.86. The van der Waals surface area contributed by atoms with Crippen molar-refractivity contribution in [2.24, 2.45) is 5.84 Å². The van der Waals surface area contributed by atoms with Crippen LogP contribution in [-0.4, -0.2) is 30.2 Å². The van der Waals surface area contributed by atoms with E-state index >= 15 is 0 Å². The van der Waals surface area contributed by atoms with Gasteiger partial charge in [0.2, 0.25) is 0 Å². The van der Waals surface area contributed by atoms with E-state index in [1.807, 2.05) is 18.7 Å². The summed E-state index contributed by atoms with van der Waals surface area (Å²) in [5.41, 5.74) is 3.33. The molecule has 1 aromatic rings. The number of nitrogens with zero attached hydrogens (tertiary/aromatic N) is 2. The number of nitrogen functional groups attached to an aromatic ring is 1. The van der Waals surface area contributed by atoms with Gasteiger partial charge in [-0.15, -0.1) is 0 Å². The van der Waals surface area contributed by atoms with E-state index in [0.29, 0.717) is 24.5 Å². The number of para-hydroxylation sites is 1. The molecule has 0 amide bonds. The molecule has 2 rings (SSSR count). The SMILES string of the molecule is CCC1COC(C)CN1c1cccc(NN)c1[N+](=O)[O-]. The van der Waals surface area contributed by atoms with Crippen LogP contribution in [0.1, 0.15) is 20.3 Å². The Labute approximate surface area is 117 Å². The van der Waals surface area contributed by atoms with Gasteiger partial charge in [0.25, 0.3) is 0 Å². The van der Waals surface area contributed by atoms with Crippen molar-refractivity contribution in [2.45, 2.75) is 32.4 Å². The highest BCUT2D eigenvalue weighted by molar-refractivity contribution is 5.77. The molecule has 1 aromatic carbocycles. The first-order valence-electron chi connectivity index (χ1n) is 6.70. The zero-order valence-electron chi connectivity index (χ0n) is 11.7. The predicted octanol–water partition coefficient (Wildman–Crippen LogP) is 1.88. The largest absolute Gasteiger partial charge is 0.375 e. The Morgan fingerprint density at radius 3 is 2.95 bits per heavy atom. The number of morpholine rings is 1. The molecule has 2 unspecified atom stereocenters. The lowest BCUT2D eigenvalue weighted by molar-refractivity contribution is -0.383. The summed E-state index contributed by atoms with van der Waals surface area (Å²) in [7, 11) is 0. The zero-order chi connectivity index (χ0) is 14.7. The fourth-order valence-corrected chi connectivity index (χ4v) is 2.55. The topological polar surface area (TPSA) is 93.7 Å². The summed E-state index contributed by atoms with van der Waals surface area (Å²) in [6.07, 6.45) is 0.913. The van der Waals surface area contributed by atoms with Gasteiger partial charge in [-0.1, -0.05) is 13.0 Å². The monoisotopic (exact) mass is 280 g/mol. The first kappa shape index (κ1) is 14.5. The van der Waals surface area contributed by atoms with Crippen LogP contribution < -0.4 is 16.2 Å². The molecule has 110 valence electrons. The number of rotatable bonds is 4. The van der Waals surface area contributed by atoms with Crippen LogP contribution in [0.3, 0.4) is 0 Å². The highest BCUT2D eigenvalue weighted by Crippen LogP contribution is 2.37. The summed E-state index contributed by atoms with van der Waals surface area (Å²) in [5.74, 6) is 5.38. The Morgan fingerprint density at radius 2 is 2.35 bits per heavy atom. The summed E-state index contributed by atoms with van der Waals surface area (Å²) in [6, 6.07) is 5.27. The number of hydrogen-bond donors (Lipinski definition) is 2. The van der Waals surface area contributed by atoms with Crippen molar-refractivity contribution in [3.8, 4) is 0 Å². The lowest BCUT2D eigenvalue weighted by Gasteiger charge is -2.39. The van der Waals surface area contributed by atoms with Crippen LogP contribution in [0, 0.1) is 10.1 Å². The van der Waals surface area contributed by atoms with Gasteiger partial charge in [0.05, 0.1) is 23.7 Å². The van der Waals surface area contributed by atoms with Gasteiger partial charge in [-0.05, 0) is 25.5 Å². The average molecular weight is 280 g/mol. The van der Waals surface area contributed by atoms with Crippen LogP contribution in [0.4, 0.5) is 17.1 Å². The van der Waals surface area contributed by atoms with Crippen molar-refractivity contribution in [1.29, 1.82) is 0 Å². The number of benzene rings is 1. The first-order valence-corrected chi connectivity index (χ1v) is 6.70. The number of anilines is 2.